The summed E-state index contributed by atoms with van der Waals surface area (Å²) >= 11 is 0. The van der Waals surface area contributed by atoms with E-state index < -0.39 is 0 Å². The molecular formula is C8H22OSi2. The fourth-order valence-corrected chi connectivity index (χ4v) is 2.49. The van der Waals surface area contributed by atoms with E-state index in [9.17, 15) is 0 Å². The lowest BCUT2D eigenvalue weighted by Gasteiger charge is -2.00. The molecule has 0 heterocycles. The Morgan fingerprint density at radius 2 is 1.73 bits per heavy atom. The van der Waals surface area contributed by atoms with Gasteiger partial charge in [0.2, 0.25) is 0 Å². The zero-order chi connectivity index (χ0) is 8.36. The van der Waals surface area contributed by atoms with Crippen LogP contribution < -0.4 is 0 Å². The van der Waals surface area contributed by atoms with E-state index in [2.05, 4.69) is 6.92 Å². The van der Waals surface area contributed by atoms with Gasteiger partial charge in [0.1, 0.15) is 9.28 Å². The van der Waals surface area contributed by atoms with Gasteiger partial charge in [0.05, 0.1) is 0 Å². The summed E-state index contributed by atoms with van der Waals surface area (Å²) in [6, 6.07) is 0. The minimum Gasteiger partial charge on any atom is -0.428 e. The van der Waals surface area contributed by atoms with Gasteiger partial charge in [-0.3, -0.25) is 0 Å². The molecule has 0 bridgehead atoms. The lowest BCUT2D eigenvalue weighted by atomic mass is 10.1. The molecule has 3 heteroatoms. The van der Waals surface area contributed by atoms with Crippen LogP contribution in [0, 0.1) is 0 Å². The molecule has 0 unspecified atom stereocenters. The molecule has 0 aliphatic carbocycles. The lowest BCUT2D eigenvalue weighted by Crippen LogP contribution is -1.99. The highest BCUT2D eigenvalue weighted by atomic mass is 29.1. The lowest BCUT2D eigenvalue weighted by molar-refractivity contribution is 0.329. The molecule has 0 saturated heterocycles. The van der Waals surface area contributed by atoms with Crippen molar-refractivity contribution in [3.05, 3.63) is 0 Å². The van der Waals surface area contributed by atoms with Crippen molar-refractivity contribution < 1.29 is 4.43 Å². The van der Waals surface area contributed by atoms with E-state index in [1.54, 1.807) is 0 Å². The van der Waals surface area contributed by atoms with Gasteiger partial charge in [-0.2, -0.15) is 0 Å². The smallest absolute Gasteiger partial charge is 0.139 e. The van der Waals surface area contributed by atoms with Crippen molar-refractivity contribution in [1.29, 1.82) is 0 Å². The molecule has 0 N–H and O–H groups in total. The molecule has 1 nitrogen and oxygen atoms in total. The van der Waals surface area contributed by atoms with E-state index in [-0.39, 0.29) is 9.28 Å². The minimum absolute atomic E-state index is 0.00902. The van der Waals surface area contributed by atoms with E-state index in [1.165, 1.54) is 48.3 Å². The zero-order valence-electron chi connectivity index (χ0n) is 8.07. The Morgan fingerprint density at radius 1 is 1.09 bits per heavy atom. The standard InChI is InChI=1S/C8H22OSi2/c1-2-3-4-5-6-7-8-9-11-10/h2-8,11H2,1,10H3. The van der Waals surface area contributed by atoms with E-state index in [0.717, 1.165) is 6.61 Å². The van der Waals surface area contributed by atoms with Gasteiger partial charge in [0, 0.05) is 16.4 Å². The quantitative estimate of drug-likeness (QED) is 0.405. The Balaban J connectivity index is 2.69. The van der Waals surface area contributed by atoms with Crippen molar-refractivity contribution in [1.82, 2.24) is 0 Å². The van der Waals surface area contributed by atoms with E-state index in [1.807, 2.05) is 0 Å². The van der Waals surface area contributed by atoms with Crippen LogP contribution in [0.1, 0.15) is 45.4 Å². The second kappa shape index (κ2) is 10.4. The van der Waals surface area contributed by atoms with Crippen LogP contribution in [0.5, 0.6) is 0 Å². The summed E-state index contributed by atoms with van der Waals surface area (Å²) in [6.45, 7) is 3.32. The van der Waals surface area contributed by atoms with Crippen molar-refractivity contribution in [3.8, 4) is 0 Å². The molecule has 0 aliphatic heterocycles. The number of hydrogen-bond donors (Lipinski definition) is 0. The Hall–Kier alpha value is 0.394. The maximum Gasteiger partial charge on any atom is 0.139 e. The summed E-state index contributed by atoms with van der Waals surface area (Å²) in [7, 11) is 1.33. The summed E-state index contributed by atoms with van der Waals surface area (Å²) < 4.78 is 5.44. The molecule has 0 aromatic carbocycles. The van der Waals surface area contributed by atoms with Crippen LogP contribution in [-0.4, -0.2) is 25.6 Å². The molecule has 0 radical (unpaired) electrons. The molecular weight excluding hydrogens is 168 g/mol. The predicted molar refractivity (Wildman–Crippen MR) is 57.8 cm³/mol. The fraction of sp³-hybridized carbons (Fsp3) is 1.00. The minimum atomic E-state index is 0.00902. The molecule has 0 atom stereocenters. The van der Waals surface area contributed by atoms with Crippen LogP contribution >= 0.6 is 0 Å². The fourth-order valence-electron chi connectivity index (χ4n) is 1.13. The third-order valence-electron chi connectivity index (χ3n) is 1.85. The Bertz CT molecular complexity index is 61.1. The van der Waals surface area contributed by atoms with Crippen LogP contribution in [0.4, 0.5) is 0 Å². The second-order valence-electron chi connectivity index (χ2n) is 2.96. The molecule has 0 amide bonds. The molecule has 0 aromatic heterocycles. The first-order valence-corrected chi connectivity index (χ1v) is 11.2. The number of hydrogen-bond acceptors (Lipinski definition) is 1. The molecule has 68 valence electrons. The Kier molecular flexibility index (Phi) is 10.8. The third kappa shape index (κ3) is 10.4. The monoisotopic (exact) mass is 190 g/mol. The van der Waals surface area contributed by atoms with Gasteiger partial charge in [0.25, 0.3) is 0 Å². The topological polar surface area (TPSA) is 9.23 Å². The highest BCUT2D eigenvalue weighted by Gasteiger charge is 1.88. The van der Waals surface area contributed by atoms with Crippen molar-refractivity contribution in [3.63, 3.8) is 0 Å². The van der Waals surface area contributed by atoms with Crippen LogP contribution in [0.15, 0.2) is 0 Å². The van der Waals surface area contributed by atoms with Crippen molar-refractivity contribution in [2.45, 2.75) is 45.4 Å². The molecule has 0 aromatic rings. The summed E-state index contributed by atoms with van der Waals surface area (Å²) in [4.78, 5) is 0. The largest absolute Gasteiger partial charge is 0.428 e. The highest BCUT2D eigenvalue weighted by molar-refractivity contribution is 6.85. The number of unbranched alkanes of at least 4 members (excludes halogenated alkanes) is 5. The zero-order valence-corrected chi connectivity index (χ0v) is 11.5. The van der Waals surface area contributed by atoms with Gasteiger partial charge < -0.3 is 4.43 Å². The predicted octanol–water partition coefficient (Wildman–Crippen LogP) is 0.728. The third-order valence-corrected chi connectivity index (χ3v) is 3.77. The highest BCUT2D eigenvalue weighted by Crippen LogP contribution is 2.04. The molecule has 0 fully saturated rings. The second-order valence-corrected chi connectivity index (χ2v) is 5.68. The SMILES string of the molecule is CCCCCCCCO[SiH2][SiH3]. The summed E-state index contributed by atoms with van der Waals surface area (Å²) in [5.74, 6) is 0. The van der Waals surface area contributed by atoms with E-state index in [4.69, 9.17) is 4.43 Å². The van der Waals surface area contributed by atoms with Gasteiger partial charge >= 0.3 is 0 Å². The Labute approximate surface area is 76.1 Å². The van der Waals surface area contributed by atoms with Crippen LogP contribution in [0.3, 0.4) is 0 Å². The van der Waals surface area contributed by atoms with Crippen molar-refractivity contribution in [2.24, 2.45) is 0 Å². The van der Waals surface area contributed by atoms with Crippen molar-refractivity contribution >= 4 is 19.0 Å². The summed E-state index contributed by atoms with van der Waals surface area (Å²) in [5, 5.41) is 0. The van der Waals surface area contributed by atoms with Gasteiger partial charge in [-0.1, -0.05) is 39.0 Å². The molecule has 0 saturated carbocycles. The van der Waals surface area contributed by atoms with Gasteiger partial charge in [0.15, 0.2) is 0 Å². The van der Waals surface area contributed by atoms with E-state index >= 15 is 0 Å². The average molecular weight is 190 g/mol. The van der Waals surface area contributed by atoms with E-state index in [0.29, 0.717) is 0 Å². The van der Waals surface area contributed by atoms with Crippen molar-refractivity contribution in [2.75, 3.05) is 6.61 Å². The molecule has 0 aliphatic rings. The van der Waals surface area contributed by atoms with Crippen LogP contribution in [0.2, 0.25) is 0 Å². The molecule has 0 spiro atoms. The van der Waals surface area contributed by atoms with Gasteiger partial charge in [-0.25, -0.2) is 0 Å². The normalized spacial score (nSPS) is 11.7. The molecule has 11 heavy (non-hydrogen) atoms. The maximum atomic E-state index is 5.44. The first-order valence-electron chi connectivity index (χ1n) is 4.99. The first kappa shape index (κ1) is 11.4. The van der Waals surface area contributed by atoms with Crippen LogP contribution in [0.25, 0.3) is 0 Å². The van der Waals surface area contributed by atoms with Gasteiger partial charge in [-0.15, -0.1) is 0 Å². The first-order chi connectivity index (χ1) is 5.41. The summed E-state index contributed by atoms with van der Waals surface area (Å²) in [5.41, 5.74) is 0. The average Bonchev–Trinajstić information content (AvgIpc) is 2.03. The number of rotatable bonds is 8. The summed E-state index contributed by atoms with van der Waals surface area (Å²) in [6.07, 6.45) is 8.30. The maximum absolute atomic E-state index is 5.44. The van der Waals surface area contributed by atoms with Gasteiger partial charge in [-0.05, 0) is 6.42 Å². The molecule has 0 rings (SSSR count). The van der Waals surface area contributed by atoms with Crippen LogP contribution in [-0.2, 0) is 4.43 Å². The Morgan fingerprint density at radius 3 is 2.36 bits per heavy atom.